The van der Waals surface area contributed by atoms with Crippen LogP contribution in [0.25, 0.3) is 0 Å². The summed E-state index contributed by atoms with van der Waals surface area (Å²) in [6.45, 7) is 6.88. The minimum absolute atomic E-state index is 0.143. The summed E-state index contributed by atoms with van der Waals surface area (Å²) in [6.07, 6.45) is -0.111. The lowest BCUT2D eigenvalue weighted by molar-refractivity contribution is -0.143. The van der Waals surface area contributed by atoms with E-state index in [4.69, 9.17) is 10.8 Å². The highest BCUT2D eigenvalue weighted by Crippen LogP contribution is 2.09. The fraction of sp³-hybridized carbons (Fsp3) is 0.737. The molecule has 11 nitrogen and oxygen atoms in total. The molecule has 0 aromatic rings. The van der Waals surface area contributed by atoms with E-state index in [0.717, 1.165) is 0 Å². The van der Waals surface area contributed by atoms with E-state index in [0.29, 0.717) is 6.42 Å². The van der Waals surface area contributed by atoms with Crippen molar-refractivity contribution in [2.75, 3.05) is 5.75 Å². The molecule has 0 aliphatic rings. The van der Waals surface area contributed by atoms with Crippen molar-refractivity contribution in [3.63, 3.8) is 0 Å². The fourth-order valence-electron chi connectivity index (χ4n) is 2.51. The summed E-state index contributed by atoms with van der Waals surface area (Å²) < 4.78 is 0. The Morgan fingerprint density at radius 2 is 1.42 bits per heavy atom. The first kappa shape index (κ1) is 28.7. The van der Waals surface area contributed by atoms with Crippen LogP contribution in [0.4, 0.5) is 0 Å². The average molecular weight is 463 g/mol. The Hall–Kier alpha value is -2.34. The maximum atomic E-state index is 12.7. The number of hydrogen-bond acceptors (Lipinski definition) is 7. The van der Waals surface area contributed by atoms with E-state index in [-0.39, 0.29) is 24.0 Å². The van der Waals surface area contributed by atoms with E-state index < -0.39 is 60.2 Å². The van der Waals surface area contributed by atoms with Crippen LogP contribution >= 0.6 is 12.6 Å². The minimum Gasteiger partial charge on any atom is -0.481 e. The highest BCUT2D eigenvalue weighted by Gasteiger charge is 2.31. The van der Waals surface area contributed by atoms with Crippen LogP contribution in [0, 0.1) is 11.8 Å². The molecule has 0 rings (SSSR count). The third-order valence-corrected chi connectivity index (χ3v) is 5.26. The zero-order chi connectivity index (χ0) is 24.3. The number of nitrogens with two attached hydrogens (primary N) is 1. The van der Waals surface area contributed by atoms with E-state index >= 15 is 0 Å². The molecule has 0 spiro atoms. The molecule has 178 valence electrons. The van der Waals surface area contributed by atoms with Gasteiger partial charge < -0.3 is 31.9 Å². The average Bonchev–Trinajstić information content (AvgIpc) is 2.70. The zero-order valence-corrected chi connectivity index (χ0v) is 19.1. The summed E-state index contributed by atoms with van der Waals surface area (Å²) in [4.78, 5) is 59.8. The number of carbonyl (C=O) groups is 5. The first-order chi connectivity index (χ1) is 14.3. The number of carboxylic acid groups (broad SMARTS) is 2. The van der Waals surface area contributed by atoms with Gasteiger partial charge >= 0.3 is 11.9 Å². The molecular weight excluding hydrogens is 428 g/mol. The van der Waals surface area contributed by atoms with Crippen molar-refractivity contribution in [2.24, 2.45) is 17.6 Å². The highest BCUT2D eigenvalue weighted by atomic mass is 32.1. The van der Waals surface area contributed by atoms with Crippen molar-refractivity contribution in [1.82, 2.24) is 16.0 Å². The van der Waals surface area contributed by atoms with Gasteiger partial charge in [-0.2, -0.15) is 12.6 Å². The molecule has 0 heterocycles. The molecule has 0 aliphatic heterocycles. The second-order valence-electron chi connectivity index (χ2n) is 7.72. The molecular formula is C19H34N4O7S. The minimum atomic E-state index is -1.24. The van der Waals surface area contributed by atoms with E-state index in [1.165, 1.54) is 0 Å². The van der Waals surface area contributed by atoms with Crippen molar-refractivity contribution >= 4 is 42.3 Å². The van der Waals surface area contributed by atoms with Gasteiger partial charge in [0.1, 0.15) is 18.1 Å². The van der Waals surface area contributed by atoms with Gasteiger partial charge in [-0.1, -0.05) is 34.1 Å². The van der Waals surface area contributed by atoms with Crippen molar-refractivity contribution in [3.8, 4) is 0 Å². The summed E-state index contributed by atoms with van der Waals surface area (Å²) in [5.74, 6) is -5.26. The smallest absolute Gasteiger partial charge is 0.326 e. The van der Waals surface area contributed by atoms with E-state index in [1.807, 2.05) is 0 Å². The Bertz CT molecular complexity index is 659. The first-order valence-corrected chi connectivity index (χ1v) is 10.7. The Morgan fingerprint density at radius 1 is 0.903 bits per heavy atom. The van der Waals surface area contributed by atoms with Gasteiger partial charge in [-0.3, -0.25) is 19.2 Å². The summed E-state index contributed by atoms with van der Waals surface area (Å²) in [7, 11) is 0. The van der Waals surface area contributed by atoms with Gasteiger partial charge in [-0.05, 0) is 18.3 Å². The maximum absolute atomic E-state index is 12.7. The molecule has 12 heteroatoms. The number of rotatable bonds is 14. The summed E-state index contributed by atoms with van der Waals surface area (Å²) >= 11 is 4.04. The fourth-order valence-corrected chi connectivity index (χ4v) is 2.77. The molecule has 0 saturated heterocycles. The predicted molar refractivity (Wildman–Crippen MR) is 116 cm³/mol. The first-order valence-electron chi connectivity index (χ1n) is 10.1. The van der Waals surface area contributed by atoms with Crippen molar-refractivity contribution in [3.05, 3.63) is 0 Å². The molecule has 3 amide bonds. The highest BCUT2D eigenvalue weighted by molar-refractivity contribution is 7.80. The van der Waals surface area contributed by atoms with Gasteiger partial charge in [0.25, 0.3) is 0 Å². The number of thiol groups is 1. The van der Waals surface area contributed by atoms with Crippen molar-refractivity contribution in [1.29, 1.82) is 0 Å². The van der Waals surface area contributed by atoms with Crippen LogP contribution < -0.4 is 21.7 Å². The number of nitrogens with one attached hydrogen (secondary N) is 3. The number of hydrogen-bond donors (Lipinski definition) is 7. The Morgan fingerprint density at radius 3 is 1.84 bits per heavy atom. The van der Waals surface area contributed by atoms with Crippen LogP contribution in [0.3, 0.4) is 0 Å². The molecule has 31 heavy (non-hydrogen) atoms. The molecule has 7 N–H and O–H groups in total. The lowest BCUT2D eigenvalue weighted by atomic mass is 9.99. The summed E-state index contributed by atoms with van der Waals surface area (Å²) in [5, 5.41) is 25.4. The summed E-state index contributed by atoms with van der Waals surface area (Å²) in [5.41, 5.74) is 5.77. The van der Waals surface area contributed by atoms with Gasteiger partial charge in [0.15, 0.2) is 0 Å². The molecule has 0 saturated carbocycles. The second-order valence-corrected chi connectivity index (χ2v) is 8.08. The van der Waals surface area contributed by atoms with Gasteiger partial charge in [0, 0.05) is 12.2 Å². The summed E-state index contributed by atoms with van der Waals surface area (Å²) in [6, 6.07) is -4.49. The van der Waals surface area contributed by atoms with Crippen LogP contribution in [0.5, 0.6) is 0 Å². The maximum Gasteiger partial charge on any atom is 0.326 e. The van der Waals surface area contributed by atoms with E-state index in [2.05, 4.69) is 28.6 Å². The second kappa shape index (κ2) is 13.9. The number of carbonyl (C=O) groups excluding carboxylic acids is 3. The molecule has 0 fully saturated rings. The molecule has 0 aromatic heterocycles. The molecule has 0 bridgehead atoms. The van der Waals surface area contributed by atoms with E-state index in [1.54, 1.807) is 27.7 Å². The van der Waals surface area contributed by atoms with Crippen LogP contribution in [0.1, 0.15) is 47.0 Å². The van der Waals surface area contributed by atoms with Crippen LogP contribution in [-0.2, 0) is 24.0 Å². The van der Waals surface area contributed by atoms with Crippen LogP contribution in [0.15, 0.2) is 0 Å². The SMILES string of the molecule is CCC(C)C(NC(=O)C(CS)NC(=O)C(CCC(=O)O)NC(=O)C(N)C(C)C)C(=O)O. The lowest BCUT2D eigenvalue weighted by Gasteiger charge is -2.26. The van der Waals surface area contributed by atoms with Crippen LogP contribution in [0.2, 0.25) is 0 Å². The van der Waals surface area contributed by atoms with Crippen molar-refractivity contribution in [2.45, 2.75) is 71.1 Å². The van der Waals surface area contributed by atoms with E-state index in [9.17, 15) is 29.1 Å². The van der Waals surface area contributed by atoms with Gasteiger partial charge in [-0.15, -0.1) is 0 Å². The topological polar surface area (TPSA) is 188 Å². The lowest BCUT2D eigenvalue weighted by Crippen LogP contribution is -2.58. The van der Waals surface area contributed by atoms with Crippen LogP contribution in [-0.4, -0.2) is 69.8 Å². The Labute approximate surface area is 187 Å². The Kier molecular flexibility index (Phi) is 12.8. The largest absolute Gasteiger partial charge is 0.481 e. The van der Waals surface area contributed by atoms with Gasteiger partial charge in [0.05, 0.1) is 6.04 Å². The predicted octanol–water partition coefficient (Wildman–Crippen LogP) is -0.651. The zero-order valence-electron chi connectivity index (χ0n) is 18.3. The molecule has 0 radical (unpaired) electrons. The molecule has 5 atom stereocenters. The number of amides is 3. The molecule has 0 aliphatic carbocycles. The Balaban J connectivity index is 5.35. The normalized spacial score (nSPS) is 15.8. The number of carboxylic acids is 2. The molecule has 0 aromatic carbocycles. The third kappa shape index (κ3) is 10.0. The number of aliphatic carboxylic acids is 2. The molecule has 5 unspecified atom stereocenters. The quantitative estimate of drug-likeness (QED) is 0.166. The standard InChI is InChI=1S/C19H34N4O7S/c1-5-10(4)15(19(29)30)23-17(27)12(8-31)22-16(26)11(6-7-13(24)25)21-18(28)14(20)9(2)3/h9-12,14-15,31H,5-8,20H2,1-4H3,(H,21,28)(H,22,26)(H,23,27)(H,24,25)(H,29,30). The van der Waals surface area contributed by atoms with Gasteiger partial charge in [0.2, 0.25) is 17.7 Å². The monoisotopic (exact) mass is 462 g/mol. The van der Waals surface area contributed by atoms with Crippen molar-refractivity contribution < 1.29 is 34.2 Å². The third-order valence-electron chi connectivity index (χ3n) is 4.89. The van der Waals surface area contributed by atoms with Gasteiger partial charge in [-0.25, -0.2) is 4.79 Å².